The van der Waals surface area contributed by atoms with Crippen LogP contribution in [-0.4, -0.2) is 25.2 Å². The molecule has 2 aromatic carbocycles. The first-order valence-electron chi connectivity index (χ1n) is 7.82. The zero-order chi connectivity index (χ0) is 19.4. The third-order valence-electron chi connectivity index (χ3n) is 3.63. The van der Waals surface area contributed by atoms with E-state index in [1.807, 2.05) is 23.6 Å². The molecular formula is C19H15Cl2NO4S. The van der Waals surface area contributed by atoms with E-state index in [2.05, 4.69) is 4.98 Å². The average molecular weight is 424 g/mol. The number of carbonyl (C=O) groups excluding carboxylic acids is 1. The van der Waals surface area contributed by atoms with E-state index in [0.29, 0.717) is 22.2 Å². The van der Waals surface area contributed by atoms with Crippen molar-refractivity contribution in [2.45, 2.75) is 6.42 Å². The minimum Gasteiger partial charge on any atom is -0.493 e. The molecule has 0 aliphatic heterocycles. The van der Waals surface area contributed by atoms with Crippen molar-refractivity contribution in [1.29, 1.82) is 0 Å². The molecular weight excluding hydrogens is 409 g/mol. The minimum atomic E-state index is -0.455. The lowest BCUT2D eigenvalue weighted by molar-refractivity contribution is -0.133. The molecule has 3 rings (SSSR count). The molecule has 3 aromatic rings. The molecule has 1 heterocycles. The van der Waals surface area contributed by atoms with Crippen molar-refractivity contribution in [1.82, 2.24) is 4.98 Å². The molecule has 0 bridgehead atoms. The molecule has 1 aromatic heterocycles. The Hall–Kier alpha value is -2.28. The van der Waals surface area contributed by atoms with Crippen molar-refractivity contribution in [3.8, 4) is 27.8 Å². The van der Waals surface area contributed by atoms with Gasteiger partial charge in [-0.1, -0.05) is 23.2 Å². The molecule has 0 fully saturated rings. The third-order valence-corrected chi connectivity index (χ3v) is 5.10. The number of nitrogens with zero attached hydrogens (tertiary/aromatic N) is 1. The number of hydrogen-bond donors (Lipinski definition) is 0. The fourth-order valence-corrected chi connectivity index (χ4v) is 3.62. The summed E-state index contributed by atoms with van der Waals surface area (Å²) in [6.07, 6.45) is 0.0305. The molecule has 0 saturated carbocycles. The van der Waals surface area contributed by atoms with Crippen LogP contribution in [0.4, 0.5) is 0 Å². The highest BCUT2D eigenvalue weighted by Gasteiger charge is 2.14. The monoisotopic (exact) mass is 423 g/mol. The average Bonchev–Trinajstić information content (AvgIpc) is 3.11. The molecule has 140 valence electrons. The minimum absolute atomic E-state index is 0.0305. The van der Waals surface area contributed by atoms with Gasteiger partial charge in [-0.2, -0.15) is 0 Å². The lowest BCUT2D eigenvalue weighted by Crippen LogP contribution is -2.11. The Morgan fingerprint density at radius 2 is 1.78 bits per heavy atom. The maximum absolute atomic E-state index is 12.2. The number of carbonyl (C=O) groups is 1. The van der Waals surface area contributed by atoms with E-state index in [0.717, 1.165) is 10.6 Å². The number of thiazole rings is 1. The predicted octanol–water partition coefficient (Wildman–Crippen LogP) is 5.28. The first-order chi connectivity index (χ1) is 13.0. The normalized spacial score (nSPS) is 10.5. The second-order valence-corrected chi connectivity index (χ2v) is 7.14. The Morgan fingerprint density at radius 3 is 2.48 bits per heavy atom. The Bertz CT molecular complexity index is 974. The molecule has 0 saturated heterocycles. The number of ether oxygens (including phenoxy) is 3. The van der Waals surface area contributed by atoms with Crippen LogP contribution in [0.25, 0.3) is 10.6 Å². The highest BCUT2D eigenvalue weighted by Crippen LogP contribution is 2.33. The van der Waals surface area contributed by atoms with Gasteiger partial charge in [-0.25, -0.2) is 4.98 Å². The van der Waals surface area contributed by atoms with Gasteiger partial charge in [-0.05, 0) is 36.4 Å². The van der Waals surface area contributed by atoms with Crippen LogP contribution in [0.5, 0.6) is 17.2 Å². The zero-order valence-corrected chi connectivity index (χ0v) is 16.8. The highest BCUT2D eigenvalue weighted by molar-refractivity contribution is 7.13. The van der Waals surface area contributed by atoms with E-state index in [-0.39, 0.29) is 17.2 Å². The van der Waals surface area contributed by atoms with Crippen molar-refractivity contribution in [3.63, 3.8) is 0 Å². The van der Waals surface area contributed by atoms with Gasteiger partial charge in [-0.3, -0.25) is 4.79 Å². The topological polar surface area (TPSA) is 57.7 Å². The van der Waals surface area contributed by atoms with Gasteiger partial charge in [0, 0.05) is 16.0 Å². The standard InChI is InChI=1S/C19H15Cl2NO4S/c1-24-16-5-3-11(7-17(16)25-2)19-22-13(10-27-19)9-18(23)26-15-6-4-12(20)8-14(15)21/h3-8,10H,9H2,1-2H3. The number of rotatable bonds is 6. The van der Waals surface area contributed by atoms with Crippen molar-refractivity contribution in [2.75, 3.05) is 14.2 Å². The molecule has 27 heavy (non-hydrogen) atoms. The van der Waals surface area contributed by atoms with Crippen LogP contribution >= 0.6 is 34.5 Å². The van der Waals surface area contributed by atoms with Crippen molar-refractivity contribution < 1.29 is 19.0 Å². The Balaban J connectivity index is 1.71. The molecule has 0 amide bonds. The number of aromatic nitrogens is 1. The van der Waals surface area contributed by atoms with E-state index in [1.165, 1.54) is 17.4 Å². The van der Waals surface area contributed by atoms with E-state index < -0.39 is 5.97 Å². The quantitative estimate of drug-likeness (QED) is 0.398. The number of methoxy groups -OCH3 is 2. The summed E-state index contributed by atoms with van der Waals surface area (Å²) in [4.78, 5) is 16.7. The molecule has 0 unspecified atom stereocenters. The second-order valence-electron chi connectivity index (χ2n) is 5.44. The van der Waals surface area contributed by atoms with Crippen LogP contribution in [-0.2, 0) is 11.2 Å². The van der Waals surface area contributed by atoms with E-state index in [9.17, 15) is 4.79 Å². The number of halogens is 2. The molecule has 5 nitrogen and oxygen atoms in total. The highest BCUT2D eigenvalue weighted by atomic mass is 35.5. The maximum atomic E-state index is 12.2. The Morgan fingerprint density at radius 1 is 1.04 bits per heavy atom. The lowest BCUT2D eigenvalue weighted by Gasteiger charge is -2.08. The Kier molecular flexibility index (Phi) is 6.21. The summed E-state index contributed by atoms with van der Waals surface area (Å²) in [6, 6.07) is 10.2. The van der Waals surface area contributed by atoms with Crippen molar-refractivity contribution in [2.24, 2.45) is 0 Å². The van der Waals surface area contributed by atoms with Gasteiger partial charge >= 0.3 is 5.97 Å². The van der Waals surface area contributed by atoms with Crippen LogP contribution in [0.15, 0.2) is 41.8 Å². The third kappa shape index (κ3) is 4.71. The number of hydrogen-bond acceptors (Lipinski definition) is 6. The second kappa shape index (κ2) is 8.61. The molecule has 0 spiro atoms. The Labute approximate surface area is 170 Å². The predicted molar refractivity (Wildman–Crippen MR) is 106 cm³/mol. The first-order valence-corrected chi connectivity index (χ1v) is 9.46. The molecule has 8 heteroatoms. The van der Waals surface area contributed by atoms with Gasteiger partial charge < -0.3 is 14.2 Å². The molecule has 0 aliphatic carbocycles. The van der Waals surface area contributed by atoms with Gasteiger partial charge in [0.2, 0.25) is 0 Å². The van der Waals surface area contributed by atoms with Crippen LogP contribution in [0, 0.1) is 0 Å². The van der Waals surface area contributed by atoms with Crippen LogP contribution < -0.4 is 14.2 Å². The largest absolute Gasteiger partial charge is 0.493 e. The summed E-state index contributed by atoms with van der Waals surface area (Å²) in [6.45, 7) is 0. The summed E-state index contributed by atoms with van der Waals surface area (Å²) in [5.74, 6) is 1.06. The van der Waals surface area contributed by atoms with Crippen LogP contribution in [0.3, 0.4) is 0 Å². The zero-order valence-electron chi connectivity index (χ0n) is 14.5. The van der Waals surface area contributed by atoms with Crippen LogP contribution in [0.1, 0.15) is 5.69 Å². The maximum Gasteiger partial charge on any atom is 0.317 e. The molecule has 0 radical (unpaired) electrons. The van der Waals surface area contributed by atoms with Gasteiger partial charge in [0.25, 0.3) is 0 Å². The smallest absolute Gasteiger partial charge is 0.317 e. The summed E-state index contributed by atoms with van der Waals surface area (Å²) in [7, 11) is 3.16. The van der Waals surface area contributed by atoms with E-state index in [4.69, 9.17) is 37.4 Å². The summed E-state index contributed by atoms with van der Waals surface area (Å²) < 4.78 is 15.8. The fraction of sp³-hybridized carbons (Fsp3) is 0.158. The summed E-state index contributed by atoms with van der Waals surface area (Å²) in [5, 5.41) is 3.33. The molecule has 0 atom stereocenters. The molecule has 0 N–H and O–H groups in total. The van der Waals surface area contributed by atoms with Gasteiger partial charge in [-0.15, -0.1) is 11.3 Å². The first kappa shape index (κ1) is 19.5. The van der Waals surface area contributed by atoms with Gasteiger partial charge in [0.1, 0.15) is 10.8 Å². The number of esters is 1. The lowest BCUT2D eigenvalue weighted by atomic mass is 10.2. The summed E-state index contributed by atoms with van der Waals surface area (Å²) in [5.41, 5.74) is 1.48. The summed E-state index contributed by atoms with van der Waals surface area (Å²) >= 11 is 13.3. The SMILES string of the molecule is COc1ccc(-c2nc(CC(=O)Oc3ccc(Cl)cc3Cl)cs2)cc1OC. The van der Waals surface area contributed by atoms with Crippen molar-refractivity contribution in [3.05, 3.63) is 57.5 Å². The van der Waals surface area contributed by atoms with Crippen molar-refractivity contribution >= 4 is 40.5 Å². The van der Waals surface area contributed by atoms with E-state index in [1.54, 1.807) is 26.4 Å². The van der Waals surface area contributed by atoms with E-state index >= 15 is 0 Å². The van der Waals surface area contributed by atoms with Gasteiger partial charge in [0.15, 0.2) is 11.5 Å². The molecule has 0 aliphatic rings. The van der Waals surface area contributed by atoms with Crippen LogP contribution in [0.2, 0.25) is 10.0 Å². The van der Waals surface area contributed by atoms with Gasteiger partial charge in [0.05, 0.1) is 31.4 Å². The fourth-order valence-electron chi connectivity index (χ4n) is 2.35. The number of benzene rings is 2.